The summed E-state index contributed by atoms with van der Waals surface area (Å²) in [4.78, 5) is 24.8. The number of hydrogen-bond donors (Lipinski definition) is 0. The molecule has 1 aromatic heterocycles. The van der Waals surface area contributed by atoms with Crippen molar-refractivity contribution < 1.29 is 19.1 Å². The summed E-state index contributed by atoms with van der Waals surface area (Å²) < 4.78 is 10.8. The summed E-state index contributed by atoms with van der Waals surface area (Å²) in [5, 5.41) is 1.93. The molecule has 0 unspecified atom stereocenters. The molecule has 2 heterocycles. The van der Waals surface area contributed by atoms with Crippen LogP contribution in [0.4, 0.5) is 0 Å². The van der Waals surface area contributed by atoms with Gasteiger partial charge in [-0.1, -0.05) is 6.07 Å². The van der Waals surface area contributed by atoms with Crippen LogP contribution < -0.4 is 9.47 Å². The van der Waals surface area contributed by atoms with Gasteiger partial charge in [-0.3, -0.25) is 9.59 Å². The van der Waals surface area contributed by atoms with E-state index in [0.29, 0.717) is 29.4 Å². The van der Waals surface area contributed by atoms with E-state index in [1.54, 1.807) is 24.3 Å². The maximum atomic E-state index is 12.3. The predicted octanol–water partition coefficient (Wildman–Crippen LogP) is 4.29. The number of ether oxygens (including phenoxy) is 2. The van der Waals surface area contributed by atoms with Gasteiger partial charge in [-0.05, 0) is 30.0 Å². The van der Waals surface area contributed by atoms with E-state index in [9.17, 15) is 9.59 Å². The van der Waals surface area contributed by atoms with Crippen molar-refractivity contribution in [3.8, 4) is 11.5 Å². The number of allylic oxidation sites excluding steroid dienone is 1. The third kappa shape index (κ3) is 3.63. The molecule has 0 bridgehead atoms. The number of halogens is 1. The van der Waals surface area contributed by atoms with Crippen LogP contribution in [0.5, 0.6) is 11.5 Å². The number of hydrogen-bond acceptors (Lipinski definition) is 5. The largest absolute Gasteiger partial charge is 0.452 e. The molecular weight excluding hydrogens is 336 g/mol. The van der Waals surface area contributed by atoms with Gasteiger partial charge >= 0.3 is 5.97 Å². The van der Waals surface area contributed by atoms with Crippen LogP contribution in [0.3, 0.4) is 0 Å². The topological polar surface area (TPSA) is 52.6 Å². The molecule has 23 heavy (non-hydrogen) atoms. The van der Waals surface area contributed by atoms with Gasteiger partial charge in [-0.25, -0.2) is 0 Å². The molecule has 4 nitrogen and oxygen atoms in total. The first kappa shape index (κ1) is 15.8. The first-order chi connectivity index (χ1) is 11.2. The van der Waals surface area contributed by atoms with E-state index in [2.05, 4.69) is 0 Å². The second kappa shape index (κ2) is 6.98. The van der Waals surface area contributed by atoms with Crippen LogP contribution in [0.1, 0.15) is 28.1 Å². The highest BCUT2D eigenvalue weighted by atomic mass is 35.5. The van der Waals surface area contributed by atoms with Crippen molar-refractivity contribution in [2.45, 2.75) is 12.8 Å². The highest BCUT2D eigenvalue weighted by molar-refractivity contribution is 7.10. The number of alkyl halides is 1. The first-order valence-electron chi connectivity index (χ1n) is 7.06. The van der Waals surface area contributed by atoms with E-state index in [0.717, 1.165) is 4.88 Å². The van der Waals surface area contributed by atoms with Crippen molar-refractivity contribution in [1.29, 1.82) is 0 Å². The van der Waals surface area contributed by atoms with Gasteiger partial charge in [0, 0.05) is 29.3 Å². The van der Waals surface area contributed by atoms with E-state index >= 15 is 0 Å². The SMILES string of the molecule is O=C(CCCCl)Oc1ccc2c(c1)OC(=Cc1cccs1)C2=O. The minimum absolute atomic E-state index is 0.173. The highest BCUT2D eigenvalue weighted by Gasteiger charge is 2.28. The van der Waals surface area contributed by atoms with Crippen LogP contribution in [-0.4, -0.2) is 17.6 Å². The molecule has 0 fully saturated rings. The number of ketones is 1. The molecule has 1 aromatic carbocycles. The predicted molar refractivity (Wildman–Crippen MR) is 89.3 cm³/mol. The molecule has 0 saturated carbocycles. The molecule has 3 rings (SSSR count). The Hall–Kier alpha value is -2.11. The van der Waals surface area contributed by atoms with Gasteiger partial charge in [0.1, 0.15) is 11.5 Å². The number of Topliss-reactive ketones (excluding diaryl/α,β-unsaturated/α-hetero) is 1. The third-order valence-electron chi connectivity index (χ3n) is 3.20. The normalized spacial score (nSPS) is 14.7. The number of carbonyl (C=O) groups is 2. The van der Waals surface area contributed by atoms with E-state index in [1.165, 1.54) is 11.3 Å². The van der Waals surface area contributed by atoms with Crippen LogP contribution >= 0.6 is 22.9 Å². The standard InChI is InChI=1S/C17H13ClO4S/c18-7-1-4-16(19)21-11-5-6-13-14(9-11)22-15(17(13)20)10-12-3-2-8-23-12/h2-3,5-6,8-10H,1,4,7H2. The highest BCUT2D eigenvalue weighted by Crippen LogP contribution is 2.35. The maximum absolute atomic E-state index is 12.3. The van der Waals surface area contributed by atoms with E-state index in [-0.39, 0.29) is 23.9 Å². The second-order valence-electron chi connectivity index (χ2n) is 4.88. The van der Waals surface area contributed by atoms with Gasteiger partial charge in [-0.2, -0.15) is 0 Å². The van der Waals surface area contributed by atoms with E-state index < -0.39 is 0 Å². The lowest BCUT2D eigenvalue weighted by Gasteiger charge is -2.04. The summed E-state index contributed by atoms with van der Waals surface area (Å²) in [7, 11) is 0. The van der Waals surface area contributed by atoms with Crippen LogP contribution in [0.2, 0.25) is 0 Å². The van der Waals surface area contributed by atoms with Crippen LogP contribution in [0.25, 0.3) is 6.08 Å². The molecule has 118 valence electrons. The molecule has 0 aliphatic carbocycles. The molecule has 0 atom stereocenters. The molecular formula is C17H13ClO4S. The second-order valence-corrected chi connectivity index (χ2v) is 6.24. The molecule has 1 aliphatic heterocycles. The Labute approximate surface area is 142 Å². The maximum Gasteiger partial charge on any atom is 0.311 e. The number of rotatable bonds is 5. The monoisotopic (exact) mass is 348 g/mol. The first-order valence-corrected chi connectivity index (χ1v) is 8.47. The van der Waals surface area contributed by atoms with Gasteiger partial charge in [-0.15, -0.1) is 22.9 Å². The summed E-state index contributed by atoms with van der Waals surface area (Å²) in [6.45, 7) is 0. The minimum atomic E-state index is -0.357. The summed E-state index contributed by atoms with van der Waals surface area (Å²) in [6, 6.07) is 8.56. The number of esters is 1. The van der Waals surface area contributed by atoms with Gasteiger partial charge < -0.3 is 9.47 Å². The van der Waals surface area contributed by atoms with Crippen molar-refractivity contribution in [2.75, 3.05) is 5.88 Å². The Kier molecular flexibility index (Phi) is 4.79. The summed E-state index contributed by atoms with van der Waals surface area (Å²) in [5.74, 6) is 0.910. The Balaban J connectivity index is 1.76. The molecule has 0 radical (unpaired) electrons. The zero-order valence-corrected chi connectivity index (χ0v) is 13.7. The van der Waals surface area contributed by atoms with Gasteiger partial charge in [0.25, 0.3) is 0 Å². The van der Waals surface area contributed by atoms with Gasteiger partial charge in [0.05, 0.1) is 5.56 Å². The van der Waals surface area contributed by atoms with Crippen LogP contribution in [0, 0.1) is 0 Å². The summed E-state index contributed by atoms with van der Waals surface area (Å²) >= 11 is 7.07. The van der Waals surface area contributed by atoms with Crippen molar-refractivity contribution in [2.24, 2.45) is 0 Å². The molecule has 2 aromatic rings. The Morgan fingerprint density at radius 2 is 2.22 bits per heavy atom. The Morgan fingerprint density at radius 3 is 2.96 bits per heavy atom. The van der Waals surface area contributed by atoms with Gasteiger partial charge in [0.2, 0.25) is 5.78 Å². The van der Waals surface area contributed by atoms with Crippen molar-refractivity contribution >= 4 is 40.8 Å². The average molecular weight is 349 g/mol. The fourth-order valence-electron chi connectivity index (χ4n) is 2.13. The molecule has 0 spiro atoms. The lowest BCUT2D eigenvalue weighted by atomic mass is 10.1. The number of carbonyl (C=O) groups excluding carboxylic acids is 2. The lowest BCUT2D eigenvalue weighted by molar-refractivity contribution is -0.134. The van der Waals surface area contributed by atoms with E-state index in [4.69, 9.17) is 21.1 Å². The molecule has 0 saturated heterocycles. The third-order valence-corrected chi connectivity index (χ3v) is 4.29. The van der Waals surface area contributed by atoms with Crippen LogP contribution in [-0.2, 0) is 4.79 Å². The zero-order valence-electron chi connectivity index (χ0n) is 12.1. The fourth-order valence-corrected chi connectivity index (χ4v) is 2.91. The Morgan fingerprint density at radius 1 is 1.35 bits per heavy atom. The Bertz CT molecular complexity index is 765. The average Bonchev–Trinajstić information content (AvgIpc) is 3.14. The molecule has 1 aliphatic rings. The van der Waals surface area contributed by atoms with Gasteiger partial charge in [0.15, 0.2) is 5.76 Å². The molecule has 0 amide bonds. The number of benzene rings is 1. The minimum Gasteiger partial charge on any atom is -0.452 e. The molecule has 0 N–H and O–H groups in total. The molecule has 6 heteroatoms. The number of thiophene rings is 1. The quantitative estimate of drug-likeness (QED) is 0.350. The van der Waals surface area contributed by atoms with Crippen LogP contribution in [0.15, 0.2) is 41.5 Å². The zero-order chi connectivity index (χ0) is 16.2. The van der Waals surface area contributed by atoms with Crippen molar-refractivity contribution in [3.63, 3.8) is 0 Å². The van der Waals surface area contributed by atoms with Crippen molar-refractivity contribution in [3.05, 3.63) is 51.9 Å². The number of fused-ring (bicyclic) bond motifs is 1. The van der Waals surface area contributed by atoms with Crippen molar-refractivity contribution in [1.82, 2.24) is 0 Å². The smallest absolute Gasteiger partial charge is 0.311 e. The summed E-state index contributed by atoms with van der Waals surface area (Å²) in [5.41, 5.74) is 0.466. The summed E-state index contributed by atoms with van der Waals surface area (Å²) in [6.07, 6.45) is 2.52. The lowest BCUT2D eigenvalue weighted by Crippen LogP contribution is -2.07. The van der Waals surface area contributed by atoms with E-state index in [1.807, 2.05) is 17.5 Å². The fraction of sp³-hybridized carbons (Fsp3) is 0.176.